The van der Waals surface area contributed by atoms with Gasteiger partial charge in [0.15, 0.2) is 0 Å². The quantitative estimate of drug-likeness (QED) is 0.428. The number of carbonyl (C=O) groups excluding carboxylic acids is 1. The highest BCUT2D eigenvalue weighted by molar-refractivity contribution is 5.93. The molecule has 0 radical (unpaired) electrons. The summed E-state index contributed by atoms with van der Waals surface area (Å²) in [5.41, 5.74) is -0.0197. The van der Waals surface area contributed by atoms with Gasteiger partial charge in [-0.3, -0.25) is 10.1 Å². The summed E-state index contributed by atoms with van der Waals surface area (Å²) in [5, 5.41) is 19.5. The summed E-state index contributed by atoms with van der Waals surface area (Å²) in [7, 11) is 1.18. The number of ether oxygens (including phenoxy) is 1. The lowest BCUT2D eigenvalue weighted by molar-refractivity contribution is -0.385. The van der Waals surface area contributed by atoms with E-state index in [0.29, 0.717) is 0 Å². The zero-order valence-corrected chi connectivity index (χ0v) is 8.68. The number of nitro benzene ring substituents is 1. The molecule has 0 saturated carbocycles. The third kappa shape index (κ3) is 1.83. The number of nitriles is 1. The number of hydrogen-bond acceptors (Lipinski definition) is 5. The fourth-order valence-corrected chi connectivity index (χ4v) is 1.32. The summed E-state index contributed by atoms with van der Waals surface area (Å²) < 4.78 is 4.47. The molecule has 6 nitrogen and oxygen atoms in total. The van der Waals surface area contributed by atoms with E-state index >= 15 is 0 Å². The summed E-state index contributed by atoms with van der Waals surface area (Å²) in [5.74, 6) is -0.686. The van der Waals surface area contributed by atoms with Crippen LogP contribution in [0.25, 0.3) is 0 Å². The highest BCUT2D eigenvalue weighted by Crippen LogP contribution is 2.24. The lowest BCUT2D eigenvalue weighted by Gasteiger charge is -2.04. The monoisotopic (exact) mass is 220 g/mol. The van der Waals surface area contributed by atoms with Crippen molar-refractivity contribution in [1.29, 1.82) is 5.26 Å². The summed E-state index contributed by atoms with van der Waals surface area (Å²) in [6.07, 6.45) is 0. The predicted molar refractivity (Wildman–Crippen MR) is 53.9 cm³/mol. The summed E-state index contributed by atoms with van der Waals surface area (Å²) in [4.78, 5) is 21.3. The Balaban J connectivity index is 3.48. The first-order chi connectivity index (χ1) is 7.52. The summed E-state index contributed by atoms with van der Waals surface area (Å²) in [6.45, 7) is 1.42. The Morgan fingerprint density at radius 3 is 2.62 bits per heavy atom. The van der Waals surface area contributed by atoms with Gasteiger partial charge >= 0.3 is 5.97 Å². The van der Waals surface area contributed by atoms with E-state index in [9.17, 15) is 14.9 Å². The van der Waals surface area contributed by atoms with Crippen LogP contribution in [0.1, 0.15) is 21.5 Å². The summed E-state index contributed by atoms with van der Waals surface area (Å²) in [6, 6.07) is 4.17. The van der Waals surface area contributed by atoms with Gasteiger partial charge in [0.25, 0.3) is 5.69 Å². The third-order valence-electron chi connectivity index (χ3n) is 2.15. The Bertz CT molecular complexity index is 502. The second kappa shape index (κ2) is 4.40. The molecule has 0 aliphatic heterocycles. The minimum Gasteiger partial charge on any atom is -0.465 e. The molecule has 1 rings (SSSR count). The first-order valence-electron chi connectivity index (χ1n) is 4.29. The number of nitro groups is 1. The maximum absolute atomic E-state index is 11.3. The van der Waals surface area contributed by atoms with Gasteiger partial charge in [0.1, 0.15) is 6.07 Å². The number of benzene rings is 1. The smallest absolute Gasteiger partial charge is 0.339 e. The number of hydrogen-bond donors (Lipinski definition) is 0. The average molecular weight is 220 g/mol. The van der Waals surface area contributed by atoms with Crippen molar-refractivity contribution in [2.45, 2.75) is 6.92 Å². The van der Waals surface area contributed by atoms with Crippen molar-refractivity contribution in [3.8, 4) is 6.07 Å². The molecular weight excluding hydrogens is 212 g/mol. The molecule has 0 fully saturated rings. The molecule has 16 heavy (non-hydrogen) atoms. The van der Waals surface area contributed by atoms with Gasteiger partial charge in [-0.05, 0) is 13.0 Å². The standard InChI is InChI=1S/C10H8N2O4/c1-6-8(5-11)7(10(13)16-2)3-4-9(6)12(14)15/h3-4H,1-2H3. The lowest BCUT2D eigenvalue weighted by Crippen LogP contribution is -2.06. The van der Waals surface area contributed by atoms with Gasteiger partial charge in [0.05, 0.1) is 23.2 Å². The van der Waals surface area contributed by atoms with Crippen molar-refractivity contribution in [2.75, 3.05) is 7.11 Å². The molecule has 6 heteroatoms. The van der Waals surface area contributed by atoms with E-state index in [-0.39, 0.29) is 22.4 Å². The van der Waals surface area contributed by atoms with E-state index in [1.807, 2.05) is 0 Å². The Hall–Kier alpha value is -2.42. The van der Waals surface area contributed by atoms with E-state index in [4.69, 9.17) is 5.26 Å². The first-order valence-corrected chi connectivity index (χ1v) is 4.29. The largest absolute Gasteiger partial charge is 0.465 e. The molecule has 0 N–H and O–H groups in total. The van der Waals surface area contributed by atoms with Crippen LogP contribution < -0.4 is 0 Å². The van der Waals surface area contributed by atoms with Crippen LogP contribution in [0.15, 0.2) is 12.1 Å². The van der Waals surface area contributed by atoms with Crippen LogP contribution in [0.4, 0.5) is 5.69 Å². The predicted octanol–water partition coefficient (Wildman–Crippen LogP) is 1.56. The SMILES string of the molecule is COC(=O)c1ccc([N+](=O)[O-])c(C)c1C#N. The molecule has 0 heterocycles. The van der Waals surface area contributed by atoms with Crippen molar-refractivity contribution < 1.29 is 14.5 Å². The highest BCUT2D eigenvalue weighted by Gasteiger charge is 2.21. The molecule has 0 aliphatic carbocycles. The van der Waals surface area contributed by atoms with E-state index in [1.54, 1.807) is 6.07 Å². The van der Waals surface area contributed by atoms with E-state index in [2.05, 4.69) is 4.74 Å². The van der Waals surface area contributed by atoms with E-state index < -0.39 is 10.9 Å². The topological polar surface area (TPSA) is 93.2 Å². The third-order valence-corrected chi connectivity index (χ3v) is 2.15. The molecule has 1 aromatic carbocycles. The van der Waals surface area contributed by atoms with Gasteiger partial charge in [-0.2, -0.15) is 5.26 Å². The zero-order chi connectivity index (χ0) is 12.3. The van der Waals surface area contributed by atoms with Crippen molar-refractivity contribution in [2.24, 2.45) is 0 Å². The van der Waals surface area contributed by atoms with Crippen molar-refractivity contribution in [3.05, 3.63) is 38.9 Å². The van der Waals surface area contributed by atoms with E-state index in [0.717, 1.165) is 0 Å². The molecule has 1 aromatic rings. The lowest BCUT2D eigenvalue weighted by atomic mass is 10.0. The Kier molecular flexibility index (Phi) is 3.20. The number of methoxy groups -OCH3 is 1. The van der Waals surface area contributed by atoms with Crippen molar-refractivity contribution >= 4 is 11.7 Å². The number of esters is 1. The molecule has 0 spiro atoms. The fraction of sp³-hybridized carbons (Fsp3) is 0.200. The van der Waals surface area contributed by atoms with Crippen LogP contribution in [0.5, 0.6) is 0 Å². The Labute approximate surface area is 91.2 Å². The van der Waals surface area contributed by atoms with Crippen molar-refractivity contribution in [1.82, 2.24) is 0 Å². The highest BCUT2D eigenvalue weighted by atomic mass is 16.6. The second-order valence-electron chi connectivity index (χ2n) is 2.99. The Morgan fingerprint density at radius 1 is 1.56 bits per heavy atom. The second-order valence-corrected chi connectivity index (χ2v) is 2.99. The van der Waals surface area contributed by atoms with Crippen LogP contribution in [-0.2, 0) is 4.74 Å². The van der Waals surface area contributed by atoms with Crippen LogP contribution in [-0.4, -0.2) is 18.0 Å². The van der Waals surface area contributed by atoms with Gasteiger partial charge < -0.3 is 4.74 Å². The van der Waals surface area contributed by atoms with Crippen LogP contribution in [0, 0.1) is 28.4 Å². The van der Waals surface area contributed by atoms with Crippen molar-refractivity contribution in [3.63, 3.8) is 0 Å². The molecular formula is C10H8N2O4. The number of rotatable bonds is 2. The Morgan fingerprint density at radius 2 is 2.19 bits per heavy atom. The molecule has 82 valence electrons. The molecule has 0 amide bonds. The van der Waals surface area contributed by atoms with Gasteiger partial charge in [0, 0.05) is 11.6 Å². The van der Waals surface area contributed by atoms with Gasteiger partial charge in [-0.25, -0.2) is 4.79 Å². The molecule has 0 saturated heterocycles. The number of nitrogens with zero attached hydrogens (tertiary/aromatic N) is 2. The number of carbonyl (C=O) groups is 1. The van der Waals surface area contributed by atoms with Crippen LogP contribution in [0.3, 0.4) is 0 Å². The van der Waals surface area contributed by atoms with Gasteiger partial charge in [-0.15, -0.1) is 0 Å². The minimum atomic E-state index is -0.686. The minimum absolute atomic E-state index is 0.0268. The average Bonchev–Trinajstić information content (AvgIpc) is 2.26. The maximum atomic E-state index is 11.3. The fourth-order valence-electron chi connectivity index (χ4n) is 1.32. The normalized spacial score (nSPS) is 9.31. The molecule has 0 unspecified atom stereocenters. The van der Waals surface area contributed by atoms with Crippen LogP contribution >= 0.6 is 0 Å². The molecule has 0 aliphatic rings. The van der Waals surface area contributed by atoms with Gasteiger partial charge in [0.2, 0.25) is 0 Å². The van der Waals surface area contributed by atoms with Crippen LogP contribution in [0.2, 0.25) is 0 Å². The zero-order valence-electron chi connectivity index (χ0n) is 8.68. The molecule has 0 aromatic heterocycles. The maximum Gasteiger partial charge on any atom is 0.339 e. The summed E-state index contributed by atoms with van der Waals surface area (Å²) >= 11 is 0. The van der Waals surface area contributed by atoms with Gasteiger partial charge in [-0.1, -0.05) is 0 Å². The van der Waals surface area contributed by atoms with E-state index in [1.165, 1.54) is 26.2 Å². The molecule has 0 bridgehead atoms. The molecule has 0 atom stereocenters. The first kappa shape index (κ1) is 11.7.